The minimum Gasteiger partial charge on any atom is -0.218 e. The van der Waals surface area contributed by atoms with Gasteiger partial charge in [0.25, 0.3) is 0 Å². The molecule has 0 spiro atoms. The van der Waals surface area contributed by atoms with Crippen molar-refractivity contribution in [2.75, 3.05) is 59.9 Å². The van der Waals surface area contributed by atoms with Crippen LogP contribution in [0.4, 0.5) is 0 Å². The summed E-state index contributed by atoms with van der Waals surface area (Å²) < 4.78 is 126. The molecule has 0 aliphatic rings. The first-order chi connectivity index (χ1) is 15.6. The van der Waals surface area contributed by atoms with Gasteiger partial charge in [0.1, 0.15) is 0 Å². The van der Waals surface area contributed by atoms with Crippen LogP contribution in [0, 0.1) is 0 Å². The molecule has 0 saturated heterocycles. The molecule has 0 aliphatic heterocycles. The van der Waals surface area contributed by atoms with Gasteiger partial charge in [0, 0.05) is 54.8 Å². The van der Waals surface area contributed by atoms with Crippen LogP contribution in [-0.2, 0) is 53.2 Å². The van der Waals surface area contributed by atoms with Gasteiger partial charge in [-0.1, -0.05) is 6.08 Å². The van der Waals surface area contributed by atoms with Crippen molar-refractivity contribution >= 4 is 118 Å². The maximum atomic E-state index is 10.6. The van der Waals surface area contributed by atoms with Crippen LogP contribution in [0.3, 0.4) is 0 Å². The lowest BCUT2D eigenvalue weighted by molar-refractivity contribution is 0.613. The Hall–Kier alpha value is 1.54. The largest absolute Gasteiger partial charge is 0.218 e. The molecule has 0 aromatic rings. The van der Waals surface area contributed by atoms with Crippen molar-refractivity contribution in [2.45, 2.75) is 0 Å². The number of hydrogen-bond donors (Lipinski definition) is 0. The lowest BCUT2D eigenvalue weighted by Crippen LogP contribution is -1.96. The van der Waals surface area contributed by atoms with E-state index in [1.165, 1.54) is 11.5 Å². The minimum absolute atomic E-state index is 0.0255. The Morgan fingerprint density at radius 3 is 1.00 bits per heavy atom. The van der Waals surface area contributed by atoms with Gasteiger partial charge in [-0.15, -0.1) is 0 Å². The highest BCUT2D eigenvalue weighted by Crippen LogP contribution is 2.21. The van der Waals surface area contributed by atoms with E-state index in [1.54, 1.807) is 0 Å². The van der Waals surface area contributed by atoms with E-state index in [0.717, 1.165) is 69.9 Å². The molecule has 24 heteroatoms. The summed E-state index contributed by atoms with van der Waals surface area (Å²) in [6, 6.07) is 0. The summed E-state index contributed by atoms with van der Waals surface area (Å²) in [6.45, 7) is 0. The van der Waals surface area contributed by atoms with Crippen LogP contribution in [0.2, 0.25) is 0 Å². The summed E-state index contributed by atoms with van der Waals surface area (Å²) in [5.74, 6) is 0.870. The SMILES string of the molecule is CS(=O)(=O)S/C=C\CSS(C)(=O)=O.CS(=O)(=O)SCCSS(C)(=O)=O.CS(=O)(=O)SCSS(C)(=O)=O. The van der Waals surface area contributed by atoms with Gasteiger partial charge in [0.05, 0.1) is 5.08 Å². The molecular weight excluding hydrogens is 721 g/mol. The van der Waals surface area contributed by atoms with Crippen molar-refractivity contribution in [3.8, 4) is 0 Å². The van der Waals surface area contributed by atoms with Crippen molar-refractivity contribution in [3.05, 3.63) is 11.5 Å². The highest BCUT2D eigenvalue weighted by molar-refractivity contribution is 8.80. The average Bonchev–Trinajstić information content (AvgIpc) is 2.53. The van der Waals surface area contributed by atoms with Crippen molar-refractivity contribution in [1.82, 2.24) is 0 Å². The van der Waals surface area contributed by atoms with Crippen LogP contribution in [0.15, 0.2) is 11.5 Å². The first-order valence-corrected chi connectivity index (χ1v) is 28.6. The topological polar surface area (TPSA) is 205 Å². The Kier molecular flexibility index (Phi) is 21.9. The molecule has 0 atom stereocenters. The molecule has 0 aromatic carbocycles. The Bertz CT molecular complexity index is 1240. The van der Waals surface area contributed by atoms with Gasteiger partial charge in [-0.25, -0.2) is 50.5 Å². The third-order valence-electron chi connectivity index (χ3n) is 1.91. The lowest BCUT2D eigenvalue weighted by Gasteiger charge is -1.96. The minimum atomic E-state index is -3.12. The smallest absolute Gasteiger partial charge is 0.202 e. The Morgan fingerprint density at radius 2 is 0.750 bits per heavy atom. The highest BCUT2D eigenvalue weighted by Gasteiger charge is 2.07. The fourth-order valence-corrected chi connectivity index (χ4v) is 14.0. The van der Waals surface area contributed by atoms with Crippen molar-refractivity contribution in [1.29, 1.82) is 0 Å². The fraction of sp³-hybridized carbons (Fsp3) is 0.833. The van der Waals surface area contributed by atoms with E-state index >= 15 is 0 Å². The molecule has 0 heterocycles. The van der Waals surface area contributed by atoms with E-state index in [0.29, 0.717) is 43.9 Å². The normalized spacial score (nSPS) is 13.4. The highest BCUT2D eigenvalue weighted by atomic mass is 33.2. The first kappa shape index (κ1) is 42.0. The van der Waals surface area contributed by atoms with Gasteiger partial charge in [-0.3, -0.25) is 0 Å². The molecule has 0 saturated carbocycles. The zero-order chi connectivity index (χ0) is 29.5. The molecule has 0 bridgehead atoms. The molecule has 0 aliphatic carbocycles. The Balaban J connectivity index is -0.000000455. The van der Waals surface area contributed by atoms with Gasteiger partial charge >= 0.3 is 0 Å². The Labute approximate surface area is 237 Å². The second-order valence-corrected chi connectivity index (χ2v) is 33.2. The molecule has 0 amide bonds. The maximum Gasteiger partial charge on any atom is 0.202 e. The van der Waals surface area contributed by atoms with E-state index in [1.807, 2.05) is 0 Å². The molecule has 0 N–H and O–H groups in total. The molecule has 0 aromatic heterocycles. The van der Waals surface area contributed by atoms with Crippen LogP contribution in [0.5, 0.6) is 0 Å². The van der Waals surface area contributed by atoms with Crippen LogP contribution >= 0.6 is 64.8 Å². The molecule has 220 valence electrons. The van der Waals surface area contributed by atoms with Crippen LogP contribution < -0.4 is 0 Å². The zero-order valence-electron chi connectivity index (χ0n) is 19.8. The Morgan fingerprint density at radius 1 is 0.444 bits per heavy atom. The lowest BCUT2D eigenvalue weighted by atomic mass is 10.8. The second kappa shape index (κ2) is 18.8. The standard InChI is InChI=1S/C5H10O4S4.C4H10O4S4.C3H8O4S4/c1-12(6,7)10-4-3-5-11-13(2,8)9;1-11(5,6)9-3-4-10-12(2,7)8;1-10(4,5)8-3-9-11(2,6)7/h3-4H,5H2,1-2H3;3-4H2,1-2H3;3H2,1-2H3/b4-3-;;. The molecular formula is C12H28O12S12. The average molecular weight is 749 g/mol. The van der Waals surface area contributed by atoms with E-state index in [2.05, 4.69) is 0 Å². The van der Waals surface area contributed by atoms with E-state index in [9.17, 15) is 50.5 Å². The second-order valence-electron chi connectivity index (χ2n) is 5.97. The third-order valence-corrected chi connectivity index (χ3v) is 17.7. The van der Waals surface area contributed by atoms with Crippen LogP contribution in [0.25, 0.3) is 0 Å². The van der Waals surface area contributed by atoms with E-state index in [-0.39, 0.29) is 10.8 Å². The molecule has 0 unspecified atom stereocenters. The summed E-state index contributed by atoms with van der Waals surface area (Å²) in [7, 11) is -14.2. The van der Waals surface area contributed by atoms with Gasteiger partial charge in [0.15, 0.2) is 44.3 Å². The predicted octanol–water partition coefficient (Wildman–Crippen LogP) is 1.59. The number of rotatable bonds is 14. The number of hydrogen-bond acceptors (Lipinski definition) is 18. The molecule has 0 rings (SSSR count). The van der Waals surface area contributed by atoms with Gasteiger partial charge in [-0.2, -0.15) is 0 Å². The van der Waals surface area contributed by atoms with Crippen molar-refractivity contribution in [2.24, 2.45) is 0 Å². The van der Waals surface area contributed by atoms with Gasteiger partial charge in [0.2, 0.25) is 8.87 Å². The molecule has 0 fully saturated rings. The summed E-state index contributed by atoms with van der Waals surface area (Å²) in [4.78, 5) is 0. The van der Waals surface area contributed by atoms with Crippen molar-refractivity contribution in [3.63, 3.8) is 0 Å². The zero-order valence-corrected chi connectivity index (χ0v) is 29.6. The van der Waals surface area contributed by atoms with Gasteiger partial charge < -0.3 is 0 Å². The summed E-state index contributed by atoms with van der Waals surface area (Å²) in [5.41, 5.74) is 0. The van der Waals surface area contributed by atoms with Crippen LogP contribution in [-0.4, -0.2) is 110 Å². The van der Waals surface area contributed by atoms with E-state index < -0.39 is 53.2 Å². The summed E-state index contributed by atoms with van der Waals surface area (Å²) in [6.07, 6.45) is 7.98. The summed E-state index contributed by atoms with van der Waals surface area (Å²) >= 11 is 0. The van der Waals surface area contributed by atoms with E-state index in [4.69, 9.17) is 0 Å². The monoisotopic (exact) mass is 748 g/mol. The van der Waals surface area contributed by atoms with Crippen molar-refractivity contribution < 1.29 is 50.5 Å². The third kappa shape index (κ3) is 52.1. The first-order valence-electron chi connectivity index (χ1n) is 8.37. The maximum absolute atomic E-state index is 10.6. The molecule has 12 nitrogen and oxygen atoms in total. The quantitative estimate of drug-likeness (QED) is 0.140. The van der Waals surface area contributed by atoms with Crippen LogP contribution in [0.1, 0.15) is 0 Å². The fourth-order valence-electron chi connectivity index (χ4n) is 0.908. The molecule has 36 heavy (non-hydrogen) atoms. The van der Waals surface area contributed by atoms with Gasteiger partial charge in [-0.05, 0) is 70.2 Å². The predicted molar refractivity (Wildman–Crippen MR) is 163 cm³/mol. The summed E-state index contributed by atoms with van der Waals surface area (Å²) in [5, 5.41) is 1.39. The molecule has 0 radical (unpaired) electrons.